The van der Waals surface area contributed by atoms with Gasteiger partial charge in [-0.15, -0.1) is 0 Å². The molecule has 0 radical (unpaired) electrons. The Labute approximate surface area is 210 Å². The summed E-state index contributed by atoms with van der Waals surface area (Å²) in [6.45, 7) is 1.76. The molecule has 1 unspecified atom stereocenters. The molecular formula is C27H20ClN3O5. The number of furan rings is 2. The minimum absolute atomic E-state index is 0.241. The lowest BCUT2D eigenvalue weighted by Gasteiger charge is -2.16. The van der Waals surface area contributed by atoms with E-state index in [2.05, 4.69) is 5.32 Å². The van der Waals surface area contributed by atoms with Crippen LogP contribution in [0, 0.1) is 0 Å². The largest absolute Gasteiger partial charge is 0.463 e. The van der Waals surface area contributed by atoms with Gasteiger partial charge in [0, 0.05) is 10.7 Å². The summed E-state index contributed by atoms with van der Waals surface area (Å²) >= 11 is 5.89. The van der Waals surface area contributed by atoms with Crippen LogP contribution in [0.1, 0.15) is 23.7 Å². The van der Waals surface area contributed by atoms with Crippen molar-refractivity contribution in [3.05, 3.63) is 89.8 Å². The van der Waals surface area contributed by atoms with Crippen LogP contribution in [0.25, 0.3) is 33.9 Å². The van der Waals surface area contributed by atoms with Gasteiger partial charge >= 0.3 is 5.97 Å². The van der Waals surface area contributed by atoms with Crippen LogP contribution in [0.2, 0.25) is 5.02 Å². The summed E-state index contributed by atoms with van der Waals surface area (Å²) in [6.07, 6.45) is 2.42. The second kappa shape index (κ2) is 10.1. The van der Waals surface area contributed by atoms with E-state index in [1.165, 1.54) is 0 Å². The third-order valence-electron chi connectivity index (χ3n) is 5.43. The SMILES string of the molecule is CCC(OC(=O)c1ccc2nc(-c3ccco3)c(-c3ccco3)nc2c1)C(=O)Nc1ccc(Cl)cc1. The number of hydrogen-bond donors (Lipinski definition) is 1. The molecule has 1 N–H and O–H groups in total. The number of esters is 1. The summed E-state index contributed by atoms with van der Waals surface area (Å²) in [5.41, 5.74) is 2.80. The van der Waals surface area contributed by atoms with E-state index in [-0.39, 0.29) is 5.56 Å². The fraction of sp³-hybridized carbons (Fsp3) is 0.111. The van der Waals surface area contributed by atoms with Crippen molar-refractivity contribution in [2.45, 2.75) is 19.4 Å². The predicted octanol–water partition coefficient (Wildman–Crippen LogP) is 6.38. The number of nitrogens with one attached hydrogen (secondary N) is 1. The zero-order valence-corrected chi connectivity index (χ0v) is 19.9. The first-order chi connectivity index (χ1) is 17.5. The van der Waals surface area contributed by atoms with Gasteiger partial charge in [-0.05, 0) is 73.2 Å². The highest BCUT2D eigenvalue weighted by Gasteiger charge is 2.23. The van der Waals surface area contributed by atoms with Gasteiger partial charge in [-0.2, -0.15) is 0 Å². The molecule has 180 valence electrons. The average Bonchev–Trinajstić information content (AvgIpc) is 3.62. The van der Waals surface area contributed by atoms with E-state index in [1.807, 2.05) is 0 Å². The zero-order chi connectivity index (χ0) is 25.1. The van der Waals surface area contributed by atoms with Crippen molar-refractivity contribution in [1.82, 2.24) is 9.97 Å². The Kier molecular flexibility index (Phi) is 6.51. The van der Waals surface area contributed by atoms with E-state index in [0.717, 1.165) is 0 Å². The number of aromatic nitrogens is 2. The molecule has 8 nitrogen and oxygen atoms in total. The average molecular weight is 502 g/mol. The van der Waals surface area contributed by atoms with Crippen molar-refractivity contribution >= 4 is 40.2 Å². The summed E-state index contributed by atoms with van der Waals surface area (Å²) in [7, 11) is 0. The standard InChI is InChI=1S/C27H20ClN3O5/c1-2-21(26(32)29-18-10-8-17(28)9-11-18)36-27(33)16-7-12-19-20(15-16)31-25(23-6-4-14-35-23)24(30-19)22-5-3-13-34-22/h3-15,21H,2H2,1H3,(H,29,32). The Morgan fingerprint density at radius 2 is 1.56 bits per heavy atom. The smallest absolute Gasteiger partial charge is 0.338 e. The van der Waals surface area contributed by atoms with Crippen molar-refractivity contribution in [3.63, 3.8) is 0 Å². The van der Waals surface area contributed by atoms with Gasteiger partial charge in [-0.1, -0.05) is 18.5 Å². The Morgan fingerprint density at radius 1 is 0.917 bits per heavy atom. The Bertz CT molecular complexity index is 1510. The van der Waals surface area contributed by atoms with Crippen LogP contribution in [0.15, 0.2) is 88.1 Å². The first kappa shape index (κ1) is 23.3. The Morgan fingerprint density at radius 3 is 2.14 bits per heavy atom. The molecule has 3 heterocycles. The molecule has 1 atom stereocenters. The highest BCUT2D eigenvalue weighted by Crippen LogP contribution is 2.31. The highest BCUT2D eigenvalue weighted by atomic mass is 35.5. The molecular weight excluding hydrogens is 482 g/mol. The number of carbonyl (C=O) groups excluding carboxylic acids is 2. The molecule has 0 aliphatic heterocycles. The Hall–Kier alpha value is -4.43. The molecule has 9 heteroatoms. The van der Waals surface area contributed by atoms with Crippen molar-refractivity contribution in [2.24, 2.45) is 0 Å². The van der Waals surface area contributed by atoms with E-state index in [0.29, 0.717) is 51.1 Å². The maximum Gasteiger partial charge on any atom is 0.338 e. The fourth-order valence-electron chi connectivity index (χ4n) is 3.63. The lowest BCUT2D eigenvalue weighted by molar-refractivity contribution is -0.124. The summed E-state index contributed by atoms with van der Waals surface area (Å²) in [5.74, 6) is -0.0334. The number of benzene rings is 2. The van der Waals surface area contributed by atoms with Crippen LogP contribution in [0.4, 0.5) is 5.69 Å². The predicted molar refractivity (Wildman–Crippen MR) is 135 cm³/mol. The maximum atomic E-state index is 12.9. The van der Waals surface area contributed by atoms with E-state index in [1.54, 1.807) is 86.2 Å². The molecule has 0 saturated heterocycles. The molecule has 36 heavy (non-hydrogen) atoms. The number of amides is 1. The minimum atomic E-state index is -0.977. The second-order valence-corrected chi connectivity index (χ2v) is 8.31. The van der Waals surface area contributed by atoms with Gasteiger partial charge in [-0.3, -0.25) is 4.79 Å². The summed E-state index contributed by atoms with van der Waals surface area (Å²) < 4.78 is 16.6. The Balaban J connectivity index is 1.41. The van der Waals surface area contributed by atoms with Crippen LogP contribution < -0.4 is 5.32 Å². The van der Waals surface area contributed by atoms with Gasteiger partial charge in [0.2, 0.25) is 0 Å². The summed E-state index contributed by atoms with van der Waals surface area (Å²) in [6, 6.07) is 18.6. The van der Waals surface area contributed by atoms with Gasteiger partial charge < -0.3 is 18.9 Å². The summed E-state index contributed by atoms with van der Waals surface area (Å²) in [5, 5.41) is 3.29. The number of nitrogens with zero attached hydrogens (tertiary/aromatic N) is 2. The molecule has 0 fully saturated rings. The molecule has 3 aromatic heterocycles. The lowest BCUT2D eigenvalue weighted by atomic mass is 10.1. The number of rotatable bonds is 7. The quantitative estimate of drug-likeness (QED) is 0.258. The topological polar surface area (TPSA) is 107 Å². The number of hydrogen-bond acceptors (Lipinski definition) is 7. The third-order valence-corrected chi connectivity index (χ3v) is 5.69. The number of halogens is 1. The molecule has 0 bridgehead atoms. The van der Waals surface area contributed by atoms with E-state index in [4.69, 9.17) is 35.1 Å². The van der Waals surface area contributed by atoms with Gasteiger partial charge in [0.15, 0.2) is 17.6 Å². The van der Waals surface area contributed by atoms with Gasteiger partial charge in [-0.25, -0.2) is 14.8 Å². The van der Waals surface area contributed by atoms with E-state index < -0.39 is 18.0 Å². The van der Waals surface area contributed by atoms with Gasteiger partial charge in [0.1, 0.15) is 11.4 Å². The highest BCUT2D eigenvalue weighted by molar-refractivity contribution is 6.30. The van der Waals surface area contributed by atoms with Crippen molar-refractivity contribution < 1.29 is 23.2 Å². The molecule has 0 aliphatic rings. The van der Waals surface area contributed by atoms with E-state index >= 15 is 0 Å². The lowest BCUT2D eigenvalue weighted by Crippen LogP contribution is -2.32. The van der Waals surface area contributed by atoms with Crippen molar-refractivity contribution in [2.75, 3.05) is 5.32 Å². The molecule has 1 amide bonds. The second-order valence-electron chi connectivity index (χ2n) is 7.88. The number of anilines is 1. The maximum absolute atomic E-state index is 12.9. The third kappa shape index (κ3) is 4.85. The molecule has 5 aromatic rings. The first-order valence-electron chi connectivity index (χ1n) is 11.2. The monoisotopic (exact) mass is 501 g/mol. The van der Waals surface area contributed by atoms with Crippen LogP contribution in [-0.4, -0.2) is 27.9 Å². The number of carbonyl (C=O) groups is 2. The fourth-order valence-corrected chi connectivity index (χ4v) is 3.75. The molecule has 2 aromatic carbocycles. The van der Waals surface area contributed by atoms with Crippen LogP contribution in [0.5, 0.6) is 0 Å². The van der Waals surface area contributed by atoms with E-state index in [9.17, 15) is 9.59 Å². The molecule has 5 rings (SSSR count). The van der Waals surface area contributed by atoms with Gasteiger partial charge in [0.05, 0.1) is 29.1 Å². The van der Waals surface area contributed by atoms with Crippen LogP contribution >= 0.6 is 11.6 Å². The number of fused-ring (bicyclic) bond motifs is 1. The molecule has 0 saturated carbocycles. The van der Waals surface area contributed by atoms with Crippen molar-refractivity contribution in [3.8, 4) is 22.9 Å². The first-order valence-corrected chi connectivity index (χ1v) is 11.6. The van der Waals surface area contributed by atoms with Gasteiger partial charge in [0.25, 0.3) is 5.91 Å². The van der Waals surface area contributed by atoms with Crippen LogP contribution in [0.3, 0.4) is 0 Å². The minimum Gasteiger partial charge on any atom is -0.463 e. The van der Waals surface area contributed by atoms with Crippen LogP contribution in [-0.2, 0) is 9.53 Å². The molecule has 0 aliphatic carbocycles. The van der Waals surface area contributed by atoms with Crippen molar-refractivity contribution in [1.29, 1.82) is 0 Å². The normalized spacial score (nSPS) is 11.8. The molecule has 0 spiro atoms. The summed E-state index contributed by atoms with van der Waals surface area (Å²) in [4.78, 5) is 35.0. The number of ether oxygens (including phenoxy) is 1. The zero-order valence-electron chi connectivity index (χ0n) is 19.1.